The second kappa shape index (κ2) is 7.13. The van der Waals surface area contributed by atoms with Gasteiger partial charge in [-0.3, -0.25) is 9.89 Å². The zero-order valence-corrected chi connectivity index (χ0v) is 14.7. The summed E-state index contributed by atoms with van der Waals surface area (Å²) in [5.74, 6) is -0.788. The van der Waals surface area contributed by atoms with Crippen LogP contribution in [0.4, 0.5) is 0 Å². The van der Waals surface area contributed by atoms with Crippen molar-refractivity contribution in [3.63, 3.8) is 0 Å². The monoisotopic (exact) mass is 367 g/mol. The van der Waals surface area contributed by atoms with E-state index >= 15 is 0 Å². The number of nitrogens with zero attached hydrogens (tertiary/aromatic N) is 2. The minimum absolute atomic E-state index is 0.149. The molecule has 0 unspecified atom stereocenters. The van der Waals surface area contributed by atoms with E-state index in [1.165, 1.54) is 17.1 Å². The number of hydrogen-bond donors (Lipinski definition) is 1. The van der Waals surface area contributed by atoms with Gasteiger partial charge in [0.25, 0.3) is 5.91 Å². The summed E-state index contributed by atoms with van der Waals surface area (Å²) in [5.41, 5.74) is 2.44. The van der Waals surface area contributed by atoms with Crippen LogP contribution in [0.2, 0.25) is 0 Å². The smallest absolute Gasteiger partial charge is 0.356 e. The molecule has 1 aliphatic rings. The van der Waals surface area contributed by atoms with Crippen molar-refractivity contribution in [3.05, 3.63) is 75.7 Å². The number of carbonyl (C=O) groups is 2. The van der Waals surface area contributed by atoms with E-state index in [0.717, 1.165) is 17.5 Å². The zero-order chi connectivity index (χ0) is 17.9. The van der Waals surface area contributed by atoms with E-state index in [4.69, 9.17) is 4.74 Å². The van der Waals surface area contributed by atoms with Crippen LogP contribution in [0.25, 0.3) is 0 Å². The normalized spacial score (nSPS) is 16.2. The summed E-state index contributed by atoms with van der Waals surface area (Å²) in [6.45, 7) is 0.314. The number of esters is 1. The molecule has 0 saturated heterocycles. The number of H-pyrrole nitrogens is 1. The van der Waals surface area contributed by atoms with Crippen LogP contribution in [0, 0.1) is 0 Å². The Morgan fingerprint density at radius 2 is 2.08 bits per heavy atom. The number of fused-ring (bicyclic) bond motifs is 1. The highest BCUT2D eigenvalue weighted by Gasteiger charge is 2.33. The molecule has 1 aromatic carbocycles. The number of benzene rings is 1. The fraction of sp³-hybridized carbons (Fsp3) is 0.211. The predicted molar refractivity (Wildman–Crippen MR) is 96.9 cm³/mol. The molecule has 0 bridgehead atoms. The maximum atomic E-state index is 12.8. The quantitative estimate of drug-likeness (QED) is 0.720. The minimum atomic E-state index is -0.583. The van der Waals surface area contributed by atoms with Gasteiger partial charge in [0.1, 0.15) is 5.69 Å². The van der Waals surface area contributed by atoms with Gasteiger partial charge in [-0.15, -0.1) is 11.3 Å². The highest BCUT2D eigenvalue weighted by atomic mass is 32.1. The van der Waals surface area contributed by atoms with Crippen LogP contribution in [0.3, 0.4) is 0 Å². The molecular formula is C19H17N3O3S. The first-order chi connectivity index (χ1) is 12.7. The summed E-state index contributed by atoms with van der Waals surface area (Å²) < 4.78 is 5.16. The molecule has 0 aliphatic carbocycles. The van der Waals surface area contributed by atoms with E-state index in [0.29, 0.717) is 6.54 Å². The van der Waals surface area contributed by atoms with E-state index in [9.17, 15) is 9.59 Å². The summed E-state index contributed by atoms with van der Waals surface area (Å²) in [6, 6.07) is 13.4. The minimum Gasteiger partial charge on any atom is -0.451 e. The van der Waals surface area contributed by atoms with E-state index in [2.05, 4.69) is 21.6 Å². The van der Waals surface area contributed by atoms with Crippen molar-refractivity contribution in [2.45, 2.75) is 12.5 Å². The van der Waals surface area contributed by atoms with Crippen molar-refractivity contribution in [2.24, 2.45) is 0 Å². The Labute approximate surface area is 154 Å². The lowest BCUT2D eigenvalue weighted by molar-refractivity contribution is -0.136. The number of rotatable bonds is 4. The van der Waals surface area contributed by atoms with Crippen molar-refractivity contribution in [3.8, 4) is 0 Å². The summed E-state index contributed by atoms with van der Waals surface area (Å²) in [7, 11) is 0. The molecule has 4 rings (SSSR count). The fourth-order valence-electron chi connectivity index (χ4n) is 3.24. The van der Waals surface area contributed by atoms with Crippen molar-refractivity contribution < 1.29 is 14.3 Å². The van der Waals surface area contributed by atoms with Crippen LogP contribution in [-0.2, 0) is 16.0 Å². The predicted octanol–water partition coefficient (Wildman–Crippen LogP) is 2.80. The lowest BCUT2D eigenvalue weighted by atomic mass is 9.93. The van der Waals surface area contributed by atoms with Gasteiger partial charge in [0, 0.05) is 17.6 Å². The van der Waals surface area contributed by atoms with Gasteiger partial charge < -0.3 is 9.64 Å². The summed E-state index contributed by atoms with van der Waals surface area (Å²) in [6.07, 6.45) is 2.28. The maximum absolute atomic E-state index is 12.8. The summed E-state index contributed by atoms with van der Waals surface area (Å²) >= 11 is 1.72. The maximum Gasteiger partial charge on any atom is 0.356 e. The molecule has 6 nitrogen and oxygen atoms in total. The van der Waals surface area contributed by atoms with E-state index in [-0.39, 0.29) is 24.2 Å². The first-order valence-corrected chi connectivity index (χ1v) is 9.19. The third-order valence-corrected chi connectivity index (χ3v) is 5.45. The van der Waals surface area contributed by atoms with Crippen molar-refractivity contribution in [1.29, 1.82) is 0 Å². The molecule has 1 aliphatic heterocycles. The Morgan fingerprint density at radius 1 is 1.23 bits per heavy atom. The summed E-state index contributed by atoms with van der Waals surface area (Å²) in [4.78, 5) is 27.9. The van der Waals surface area contributed by atoms with Crippen LogP contribution in [0.1, 0.15) is 32.5 Å². The second-order valence-electron chi connectivity index (χ2n) is 6.00. The van der Waals surface area contributed by atoms with Crippen LogP contribution in [0.15, 0.2) is 54.0 Å². The number of ether oxygens (including phenoxy) is 1. The highest BCUT2D eigenvalue weighted by molar-refractivity contribution is 7.10. The topological polar surface area (TPSA) is 75.3 Å². The largest absolute Gasteiger partial charge is 0.451 e. The van der Waals surface area contributed by atoms with Crippen LogP contribution in [0.5, 0.6) is 0 Å². The third kappa shape index (κ3) is 3.13. The van der Waals surface area contributed by atoms with Gasteiger partial charge in [-0.1, -0.05) is 30.3 Å². The molecule has 0 spiro atoms. The highest BCUT2D eigenvalue weighted by Crippen LogP contribution is 2.37. The van der Waals surface area contributed by atoms with E-state index in [1.54, 1.807) is 16.2 Å². The number of aromatic nitrogens is 2. The molecule has 3 aromatic rings. The fourth-order valence-corrected chi connectivity index (χ4v) is 4.14. The molecule has 26 heavy (non-hydrogen) atoms. The molecule has 0 radical (unpaired) electrons. The Balaban J connectivity index is 1.54. The van der Waals surface area contributed by atoms with Crippen molar-refractivity contribution in [2.75, 3.05) is 13.2 Å². The lowest BCUT2D eigenvalue weighted by Gasteiger charge is -2.36. The molecule has 132 valence electrons. The van der Waals surface area contributed by atoms with Gasteiger partial charge in [0.05, 0.1) is 6.04 Å². The van der Waals surface area contributed by atoms with Gasteiger partial charge in [0.2, 0.25) is 0 Å². The van der Waals surface area contributed by atoms with Crippen molar-refractivity contribution in [1.82, 2.24) is 15.1 Å². The number of hydrogen-bond acceptors (Lipinski definition) is 5. The SMILES string of the molecule is O=C(OCC(=O)N1CCc2sccc2[C@H]1c1ccccc1)c1ccn[nH]1. The first-order valence-electron chi connectivity index (χ1n) is 8.31. The third-order valence-electron chi connectivity index (χ3n) is 4.45. The zero-order valence-electron chi connectivity index (χ0n) is 13.9. The lowest BCUT2D eigenvalue weighted by Crippen LogP contribution is -2.42. The van der Waals surface area contributed by atoms with Crippen molar-refractivity contribution >= 4 is 23.2 Å². The van der Waals surface area contributed by atoms with Gasteiger partial charge in [-0.25, -0.2) is 4.79 Å². The molecule has 0 fully saturated rings. The summed E-state index contributed by atoms with van der Waals surface area (Å²) in [5, 5.41) is 8.31. The number of nitrogens with one attached hydrogen (secondary N) is 1. The molecule has 3 heterocycles. The Kier molecular flexibility index (Phi) is 4.53. The molecule has 1 N–H and O–H groups in total. The number of aromatic amines is 1. The van der Waals surface area contributed by atoms with E-state index in [1.807, 2.05) is 30.3 Å². The molecule has 0 saturated carbocycles. The Morgan fingerprint density at radius 3 is 2.85 bits per heavy atom. The molecular weight excluding hydrogens is 350 g/mol. The van der Waals surface area contributed by atoms with Gasteiger partial charge in [-0.05, 0) is 35.1 Å². The first kappa shape index (κ1) is 16.5. The standard InChI is InChI=1S/C19H17N3O3S/c23-17(12-25-19(24)15-6-9-20-21-15)22-10-7-16-14(8-11-26-16)18(22)13-4-2-1-3-5-13/h1-6,8-9,11,18H,7,10,12H2,(H,20,21)/t18-/m1/s1. The molecule has 1 amide bonds. The Bertz CT molecular complexity index is 905. The number of amides is 1. The Hall–Kier alpha value is -2.93. The molecule has 2 aromatic heterocycles. The van der Waals surface area contributed by atoms with Crippen LogP contribution in [-0.4, -0.2) is 40.1 Å². The molecule has 1 atom stereocenters. The van der Waals surface area contributed by atoms with Gasteiger partial charge >= 0.3 is 5.97 Å². The molecule has 7 heteroatoms. The van der Waals surface area contributed by atoms with Crippen LogP contribution < -0.4 is 0 Å². The second-order valence-corrected chi connectivity index (χ2v) is 7.00. The average molecular weight is 367 g/mol. The average Bonchev–Trinajstić information content (AvgIpc) is 3.37. The number of thiophene rings is 1. The van der Waals surface area contributed by atoms with Gasteiger partial charge in [-0.2, -0.15) is 5.10 Å². The van der Waals surface area contributed by atoms with Gasteiger partial charge in [0.15, 0.2) is 6.61 Å². The van der Waals surface area contributed by atoms with Crippen LogP contribution >= 0.6 is 11.3 Å². The van der Waals surface area contributed by atoms with E-state index < -0.39 is 5.97 Å². The number of carbonyl (C=O) groups excluding carboxylic acids is 2.